The van der Waals surface area contributed by atoms with Crippen LogP contribution in [-0.2, 0) is 6.54 Å². The smallest absolute Gasteiger partial charge is 0.0664 e. The molecular weight excluding hydrogens is 222 g/mol. The van der Waals surface area contributed by atoms with Crippen molar-refractivity contribution in [3.05, 3.63) is 35.4 Å². The van der Waals surface area contributed by atoms with Gasteiger partial charge in [0.05, 0.1) is 6.10 Å². The van der Waals surface area contributed by atoms with E-state index in [0.29, 0.717) is 5.92 Å². The van der Waals surface area contributed by atoms with Crippen LogP contribution in [0.4, 0.5) is 0 Å². The van der Waals surface area contributed by atoms with Crippen molar-refractivity contribution < 1.29 is 5.11 Å². The Morgan fingerprint density at radius 1 is 1.11 bits per heavy atom. The van der Waals surface area contributed by atoms with Gasteiger partial charge < -0.3 is 5.11 Å². The van der Waals surface area contributed by atoms with E-state index < -0.39 is 0 Å². The molecule has 18 heavy (non-hydrogen) atoms. The minimum Gasteiger partial charge on any atom is -0.392 e. The van der Waals surface area contributed by atoms with Gasteiger partial charge in [0.1, 0.15) is 0 Å². The lowest BCUT2D eigenvalue weighted by Crippen LogP contribution is -2.34. The molecule has 0 heterocycles. The quantitative estimate of drug-likeness (QED) is 0.802. The van der Waals surface area contributed by atoms with Crippen LogP contribution < -0.4 is 0 Å². The summed E-state index contributed by atoms with van der Waals surface area (Å²) in [4.78, 5) is 2.35. The molecule has 0 amide bonds. The molecule has 102 valence electrons. The molecule has 1 aromatic carbocycles. The Morgan fingerprint density at radius 3 is 2.22 bits per heavy atom. The summed E-state index contributed by atoms with van der Waals surface area (Å²) in [5, 5.41) is 9.82. The van der Waals surface area contributed by atoms with Crippen LogP contribution in [0.5, 0.6) is 0 Å². The van der Waals surface area contributed by atoms with Crippen LogP contribution >= 0.6 is 0 Å². The fourth-order valence-corrected chi connectivity index (χ4v) is 2.10. The van der Waals surface area contributed by atoms with Crippen molar-refractivity contribution in [2.75, 3.05) is 13.1 Å². The van der Waals surface area contributed by atoms with Crippen molar-refractivity contribution in [2.24, 2.45) is 5.92 Å². The molecule has 0 saturated heterocycles. The van der Waals surface area contributed by atoms with Crippen molar-refractivity contribution >= 4 is 0 Å². The highest BCUT2D eigenvalue weighted by Crippen LogP contribution is 2.10. The Bertz CT molecular complexity index is 331. The molecule has 0 aromatic heterocycles. The third-order valence-electron chi connectivity index (χ3n) is 3.09. The van der Waals surface area contributed by atoms with Gasteiger partial charge in [-0.3, -0.25) is 4.90 Å². The Morgan fingerprint density at radius 2 is 1.72 bits per heavy atom. The zero-order valence-corrected chi connectivity index (χ0v) is 12.2. The molecule has 0 fully saturated rings. The summed E-state index contributed by atoms with van der Waals surface area (Å²) in [6, 6.07) is 8.67. The molecule has 0 aliphatic rings. The number of nitrogens with zero attached hydrogens (tertiary/aromatic N) is 1. The number of benzene rings is 1. The molecule has 1 atom stereocenters. The van der Waals surface area contributed by atoms with Crippen molar-refractivity contribution in [3.8, 4) is 0 Å². The molecule has 2 nitrogen and oxygen atoms in total. The van der Waals surface area contributed by atoms with E-state index in [-0.39, 0.29) is 6.10 Å². The van der Waals surface area contributed by atoms with E-state index in [1.165, 1.54) is 11.1 Å². The van der Waals surface area contributed by atoms with E-state index in [0.717, 1.165) is 26.1 Å². The van der Waals surface area contributed by atoms with Crippen molar-refractivity contribution in [2.45, 2.75) is 46.8 Å². The summed E-state index contributed by atoms with van der Waals surface area (Å²) in [7, 11) is 0. The second-order valence-corrected chi connectivity index (χ2v) is 5.64. The van der Waals surface area contributed by atoms with Crippen LogP contribution in [0.1, 0.15) is 38.3 Å². The number of hydrogen-bond donors (Lipinski definition) is 1. The zero-order chi connectivity index (χ0) is 13.5. The minimum absolute atomic E-state index is 0.214. The summed E-state index contributed by atoms with van der Waals surface area (Å²) >= 11 is 0. The van der Waals surface area contributed by atoms with Gasteiger partial charge in [0.25, 0.3) is 0 Å². The SMILES string of the molecule is CC[C@H](O)CN(Cc1ccc(C)cc1)CC(C)C. The molecule has 0 unspecified atom stereocenters. The number of aliphatic hydroxyl groups is 1. The second-order valence-electron chi connectivity index (χ2n) is 5.64. The molecule has 0 spiro atoms. The van der Waals surface area contributed by atoms with Crippen LogP contribution in [0.25, 0.3) is 0 Å². The van der Waals surface area contributed by atoms with Gasteiger partial charge in [-0.05, 0) is 24.8 Å². The van der Waals surface area contributed by atoms with Gasteiger partial charge in [0, 0.05) is 19.6 Å². The van der Waals surface area contributed by atoms with Crippen LogP contribution in [-0.4, -0.2) is 29.2 Å². The normalized spacial score (nSPS) is 13.3. The summed E-state index contributed by atoms with van der Waals surface area (Å²) < 4.78 is 0. The van der Waals surface area contributed by atoms with E-state index in [1.807, 2.05) is 6.92 Å². The first-order chi connectivity index (χ1) is 8.51. The maximum absolute atomic E-state index is 9.82. The molecule has 0 aliphatic carbocycles. The molecule has 0 bridgehead atoms. The molecule has 0 saturated carbocycles. The first kappa shape index (κ1) is 15.2. The molecule has 1 N–H and O–H groups in total. The van der Waals surface area contributed by atoms with Crippen molar-refractivity contribution in [3.63, 3.8) is 0 Å². The van der Waals surface area contributed by atoms with E-state index >= 15 is 0 Å². The van der Waals surface area contributed by atoms with Crippen molar-refractivity contribution in [1.29, 1.82) is 0 Å². The minimum atomic E-state index is -0.214. The fraction of sp³-hybridized carbons (Fsp3) is 0.625. The monoisotopic (exact) mass is 249 g/mol. The predicted molar refractivity (Wildman–Crippen MR) is 77.6 cm³/mol. The summed E-state index contributed by atoms with van der Waals surface area (Å²) in [6.45, 7) is 11.3. The third kappa shape index (κ3) is 5.65. The molecule has 2 heteroatoms. The van der Waals surface area contributed by atoms with Gasteiger partial charge in [-0.1, -0.05) is 50.6 Å². The summed E-state index contributed by atoms with van der Waals surface area (Å²) in [5.41, 5.74) is 2.62. The second kappa shape index (κ2) is 7.55. The standard InChI is InChI=1S/C16H27NO/c1-5-16(18)12-17(10-13(2)3)11-15-8-6-14(4)7-9-15/h6-9,13,16,18H,5,10-12H2,1-4H3/t16-/m0/s1. The maximum Gasteiger partial charge on any atom is 0.0664 e. The molecule has 1 rings (SSSR count). The van der Waals surface area contributed by atoms with Crippen LogP contribution in [0.2, 0.25) is 0 Å². The average Bonchev–Trinajstić information content (AvgIpc) is 2.31. The molecular formula is C16H27NO. The molecule has 1 aromatic rings. The lowest BCUT2D eigenvalue weighted by Gasteiger charge is -2.26. The highest BCUT2D eigenvalue weighted by Gasteiger charge is 2.12. The Balaban J connectivity index is 2.62. The number of hydrogen-bond acceptors (Lipinski definition) is 2. The van der Waals surface area contributed by atoms with E-state index in [1.54, 1.807) is 0 Å². The zero-order valence-electron chi connectivity index (χ0n) is 12.2. The Kier molecular flexibility index (Phi) is 6.37. The maximum atomic E-state index is 9.82. The van der Waals surface area contributed by atoms with Crippen LogP contribution in [0, 0.1) is 12.8 Å². The Hall–Kier alpha value is -0.860. The number of aliphatic hydroxyl groups excluding tert-OH is 1. The van der Waals surface area contributed by atoms with E-state index in [2.05, 4.69) is 49.9 Å². The lowest BCUT2D eigenvalue weighted by molar-refractivity contribution is 0.0986. The number of aryl methyl sites for hydroxylation is 1. The predicted octanol–water partition coefficient (Wildman–Crippen LogP) is 3.22. The van der Waals surface area contributed by atoms with E-state index in [4.69, 9.17) is 0 Å². The highest BCUT2D eigenvalue weighted by atomic mass is 16.3. The topological polar surface area (TPSA) is 23.5 Å². The molecule has 0 radical (unpaired) electrons. The van der Waals surface area contributed by atoms with Gasteiger partial charge in [-0.2, -0.15) is 0 Å². The van der Waals surface area contributed by atoms with Gasteiger partial charge in [0.2, 0.25) is 0 Å². The first-order valence-electron chi connectivity index (χ1n) is 6.97. The fourth-order valence-electron chi connectivity index (χ4n) is 2.10. The van der Waals surface area contributed by atoms with E-state index in [9.17, 15) is 5.11 Å². The number of rotatable bonds is 7. The third-order valence-corrected chi connectivity index (χ3v) is 3.09. The highest BCUT2D eigenvalue weighted by molar-refractivity contribution is 5.21. The lowest BCUT2D eigenvalue weighted by atomic mass is 10.1. The summed E-state index contributed by atoms with van der Waals surface area (Å²) in [5.74, 6) is 0.625. The molecule has 0 aliphatic heterocycles. The van der Waals surface area contributed by atoms with Gasteiger partial charge in [0.15, 0.2) is 0 Å². The van der Waals surface area contributed by atoms with Gasteiger partial charge in [-0.15, -0.1) is 0 Å². The van der Waals surface area contributed by atoms with Crippen molar-refractivity contribution in [1.82, 2.24) is 4.90 Å². The van der Waals surface area contributed by atoms with Gasteiger partial charge >= 0.3 is 0 Å². The first-order valence-corrected chi connectivity index (χ1v) is 6.97. The van der Waals surface area contributed by atoms with Crippen LogP contribution in [0.3, 0.4) is 0 Å². The Labute approximate surface area is 112 Å². The summed E-state index contributed by atoms with van der Waals surface area (Å²) in [6.07, 6.45) is 0.608. The van der Waals surface area contributed by atoms with Gasteiger partial charge in [-0.25, -0.2) is 0 Å². The largest absolute Gasteiger partial charge is 0.392 e. The average molecular weight is 249 g/mol. The van der Waals surface area contributed by atoms with Crippen LogP contribution in [0.15, 0.2) is 24.3 Å².